The lowest BCUT2D eigenvalue weighted by molar-refractivity contribution is -0.121. The van der Waals surface area contributed by atoms with Gasteiger partial charge in [-0.1, -0.05) is 19.1 Å². The van der Waals surface area contributed by atoms with E-state index in [2.05, 4.69) is 45.4 Å². The molecule has 2 aromatic heterocycles. The molecule has 30 heavy (non-hydrogen) atoms. The van der Waals surface area contributed by atoms with Crippen LogP contribution in [0.3, 0.4) is 0 Å². The molecule has 2 fully saturated rings. The van der Waals surface area contributed by atoms with Gasteiger partial charge < -0.3 is 10.2 Å². The zero-order valence-electron chi connectivity index (χ0n) is 17.8. The summed E-state index contributed by atoms with van der Waals surface area (Å²) in [5, 5.41) is 9.43. The van der Waals surface area contributed by atoms with E-state index in [1.165, 1.54) is 19.4 Å². The summed E-state index contributed by atoms with van der Waals surface area (Å²) in [6, 6.07) is 8.23. The number of hydrogen-bond donors (Lipinski definition) is 1. The Morgan fingerprint density at radius 1 is 1.13 bits per heavy atom. The molecule has 3 aromatic rings. The van der Waals surface area contributed by atoms with Crippen molar-refractivity contribution >= 4 is 22.5 Å². The van der Waals surface area contributed by atoms with Gasteiger partial charge in [0.2, 0.25) is 5.91 Å². The van der Waals surface area contributed by atoms with Crippen molar-refractivity contribution in [3.63, 3.8) is 0 Å². The molecular weight excluding hydrogens is 374 g/mol. The first-order chi connectivity index (χ1) is 14.5. The normalized spacial score (nSPS) is 19.1. The van der Waals surface area contributed by atoms with Crippen molar-refractivity contribution in [2.75, 3.05) is 25.0 Å². The predicted molar refractivity (Wildman–Crippen MR) is 119 cm³/mol. The summed E-state index contributed by atoms with van der Waals surface area (Å²) in [6.45, 7) is 5.60. The maximum absolute atomic E-state index is 12.8. The Morgan fingerprint density at radius 2 is 1.93 bits per heavy atom. The van der Waals surface area contributed by atoms with Gasteiger partial charge in [-0.05, 0) is 67.3 Å². The van der Waals surface area contributed by atoms with E-state index in [0.717, 1.165) is 47.8 Å². The van der Waals surface area contributed by atoms with Crippen LogP contribution >= 0.6 is 0 Å². The topological polar surface area (TPSA) is 63.1 Å². The van der Waals surface area contributed by atoms with Crippen LogP contribution in [0.25, 0.3) is 21.9 Å². The summed E-state index contributed by atoms with van der Waals surface area (Å²) in [7, 11) is 1.92. The minimum absolute atomic E-state index is 0.0764. The number of aromatic nitrogens is 3. The number of benzene rings is 1. The average Bonchev–Trinajstić information content (AvgIpc) is 3.30. The van der Waals surface area contributed by atoms with E-state index in [0.29, 0.717) is 11.2 Å². The number of carbonyl (C=O) groups excluding carboxylic acids is 1. The molecule has 0 atom stereocenters. The number of likely N-dealkylation sites (tertiary alicyclic amines) is 1. The number of anilines is 1. The van der Waals surface area contributed by atoms with Gasteiger partial charge in [-0.3, -0.25) is 9.48 Å². The van der Waals surface area contributed by atoms with E-state index in [9.17, 15) is 4.79 Å². The first-order valence-corrected chi connectivity index (χ1v) is 10.9. The molecule has 5 rings (SSSR count). The van der Waals surface area contributed by atoms with Crippen molar-refractivity contribution in [3.8, 4) is 11.1 Å². The molecule has 1 N–H and O–H groups in total. The van der Waals surface area contributed by atoms with Crippen LogP contribution in [-0.4, -0.2) is 45.2 Å². The lowest BCUT2D eigenvalue weighted by Gasteiger charge is -2.33. The van der Waals surface area contributed by atoms with E-state index in [1.54, 1.807) is 4.68 Å². The van der Waals surface area contributed by atoms with E-state index < -0.39 is 0 Å². The largest absolute Gasteiger partial charge is 0.310 e. The van der Waals surface area contributed by atoms with Gasteiger partial charge in [0, 0.05) is 42.9 Å². The number of nitrogens with zero attached hydrogens (tertiary/aromatic N) is 4. The lowest BCUT2D eigenvalue weighted by atomic mass is 9.95. The Kier molecular flexibility index (Phi) is 4.82. The van der Waals surface area contributed by atoms with Crippen molar-refractivity contribution < 1.29 is 4.79 Å². The van der Waals surface area contributed by atoms with Crippen LogP contribution in [0.15, 0.2) is 42.9 Å². The second-order valence-corrected chi connectivity index (χ2v) is 9.38. The van der Waals surface area contributed by atoms with Crippen molar-refractivity contribution in [1.29, 1.82) is 0 Å². The van der Waals surface area contributed by atoms with E-state index in [-0.39, 0.29) is 11.8 Å². The molecule has 0 spiro atoms. The van der Waals surface area contributed by atoms with Crippen molar-refractivity contribution in [2.45, 2.75) is 32.6 Å². The fourth-order valence-electron chi connectivity index (χ4n) is 4.45. The molecule has 156 valence electrons. The van der Waals surface area contributed by atoms with Gasteiger partial charge >= 0.3 is 0 Å². The molecule has 1 amide bonds. The minimum atomic E-state index is 0.0764. The summed E-state index contributed by atoms with van der Waals surface area (Å²) in [5.41, 5.74) is 2.73. The van der Waals surface area contributed by atoms with Crippen molar-refractivity contribution in [1.82, 2.24) is 19.7 Å². The molecule has 0 bridgehead atoms. The molecule has 3 heterocycles. The molecule has 0 radical (unpaired) electrons. The van der Waals surface area contributed by atoms with Crippen LogP contribution in [-0.2, 0) is 11.8 Å². The third-order valence-electron chi connectivity index (χ3n) is 6.68. The van der Waals surface area contributed by atoms with Crippen LogP contribution in [0.1, 0.15) is 32.6 Å². The van der Waals surface area contributed by atoms with Gasteiger partial charge in [-0.25, -0.2) is 4.98 Å². The molecule has 0 unspecified atom stereocenters. The number of carbonyl (C=O) groups is 1. The monoisotopic (exact) mass is 403 g/mol. The molecule has 1 aromatic carbocycles. The number of hydrogen-bond acceptors (Lipinski definition) is 4. The van der Waals surface area contributed by atoms with Gasteiger partial charge in [0.1, 0.15) is 5.82 Å². The molecule has 6 nitrogen and oxygen atoms in total. The number of piperidine rings is 1. The smallest absolute Gasteiger partial charge is 0.228 e. The van der Waals surface area contributed by atoms with Gasteiger partial charge in [-0.2, -0.15) is 5.10 Å². The average molecular weight is 404 g/mol. The Bertz CT molecular complexity index is 1080. The van der Waals surface area contributed by atoms with Crippen LogP contribution in [0.2, 0.25) is 0 Å². The molecule has 1 saturated carbocycles. The van der Waals surface area contributed by atoms with E-state index >= 15 is 0 Å². The maximum Gasteiger partial charge on any atom is 0.228 e. The van der Waals surface area contributed by atoms with Crippen LogP contribution in [0.5, 0.6) is 0 Å². The predicted octanol–water partition coefficient (Wildman–Crippen LogP) is 4.09. The second kappa shape index (κ2) is 7.51. The summed E-state index contributed by atoms with van der Waals surface area (Å²) < 4.78 is 1.80. The minimum Gasteiger partial charge on any atom is -0.310 e. The number of rotatable bonds is 5. The molecule has 1 saturated heterocycles. The molecule has 6 heteroatoms. The zero-order chi connectivity index (χ0) is 20.7. The van der Waals surface area contributed by atoms with E-state index in [1.807, 2.05) is 31.7 Å². The molecule has 1 aliphatic carbocycles. The summed E-state index contributed by atoms with van der Waals surface area (Å²) in [5.74, 6) is 0.804. The van der Waals surface area contributed by atoms with Crippen LogP contribution in [0, 0.1) is 11.3 Å². The lowest BCUT2D eigenvalue weighted by Crippen LogP contribution is -2.40. The number of amides is 1. The number of aryl methyl sites for hydroxylation is 1. The number of pyridine rings is 1. The van der Waals surface area contributed by atoms with Gasteiger partial charge in [-0.15, -0.1) is 0 Å². The van der Waals surface area contributed by atoms with Crippen LogP contribution in [0.4, 0.5) is 5.82 Å². The number of nitrogens with one attached hydrogen (secondary N) is 1. The highest BCUT2D eigenvalue weighted by molar-refractivity contribution is 5.95. The fourth-order valence-corrected chi connectivity index (χ4v) is 4.45. The highest BCUT2D eigenvalue weighted by Crippen LogP contribution is 2.45. The zero-order valence-corrected chi connectivity index (χ0v) is 17.8. The molecule has 2 aliphatic rings. The SMILES string of the molecule is Cn1cc(-c2ccc3cnc(NC(=O)C4CCN(CC5(C)CC5)CC4)cc3c2)cn1. The van der Waals surface area contributed by atoms with Crippen LogP contribution < -0.4 is 5.32 Å². The summed E-state index contributed by atoms with van der Waals surface area (Å²) in [4.78, 5) is 19.8. The Balaban J connectivity index is 1.25. The third kappa shape index (κ3) is 4.10. The molecular formula is C24H29N5O. The van der Waals surface area contributed by atoms with Crippen molar-refractivity contribution in [2.24, 2.45) is 18.4 Å². The Hall–Kier alpha value is -2.73. The fraction of sp³-hybridized carbons (Fsp3) is 0.458. The number of fused-ring (bicyclic) bond motifs is 1. The quantitative estimate of drug-likeness (QED) is 0.697. The van der Waals surface area contributed by atoms with E-state index in [4.69, 9.17) is 0 Å². The highest BCUT2D eigenvalue weighted by atomic mass is 16.1. The third-order valence-corrected chi connectivity index (χ3v) is 6.68. The van der Waals surface area contributed by atoms with Gasteiger partial charge in [0.15, 0.2) is 0 Å². The Morgan fingerprint density at radius 3 is 2.63 bits per heavy atom. The Labute approximate surface area is 177 Å². The standard InChI is InChI=1S/C24H29N5O/c1-24(7-8-24)16-29-9-5-17(6-10-29)23(30)27-22-12-20-11-18(3-4-19(20)13-25-22)21-14-26-28(2)15-21/h3-4,11-15,17H,5-10,16H2,1-2H3,(H,25,27,30). The summed E-state index contributed by atoms with van der Waals surface area (Å²) in [6.07, 6.45) is 10.3. The second-order valence-electron chi connectivity index (χ2n) is 9.38. The first kappa shape index (κ1) is 19.2. The highest BCUT2D eigenvalue weighted by Gasteiger charge is 2.39. The van der Waals surface area contributed by atoms with Gasteiger partial charge in [0.05, 0.1) is 6.20 Å². The maximum atomic E-state index is 12.8. The van der Waals surface area contributed by atoms with Gasteiger partial charge in [0.25, 0.3) is 0 Å². The molecule has 1 aliphatic heterocycles. The first-order valence-electron chi connectivity index (χ1n) is 10.9. The van der Waals surface area contributed by atoms with Crippen molar-refractivity contribution in [3.05, 3.63) is 42.9 Å². The summed E-state index contributed by atoms with van der Waals surface area (Å²) >= 11 is 0.